The number of ether oxygens (including phenoxy) is 2. The van der Waals surface area contributed by atoms with Crippen LogP contribution >= 0.6 is 11.5 Å². The zero-order chi connectivity index (χ0) is 14.4. The molecule has 0 aliphatic rings. The summed E-state index contributed by atoms with van der Waals surface area (Å²) in [5.41, 5.74) is -0.726. The molecule has 1 aromatic rings. The Morgan fingerprint density at radius 3 is 2.11 bits per heavy atom. The number of nitrogens with zero attached hydrogens (tertiary/aromatic N) is 2. The maximum absolute atomic E-state index is 11.8. The lowest BCUT2D eigenvalue weighted by Gasteiger charge is -2.01. The maximum atomic E-state index is 11.8. The molecular formula is C10H14N2O6S. The first-order valence-electron chi connectivity index (χ1n) is 5.61. The number of esters is 2. The van der Waals surface area contributed by atoms with E-state index < -0.39 is 29.0 Å². The Morgan fingerprint density at radius 2 is 1.58 bits per heavy atom. The van der Waals surface area contributed by atoms with Crippen LogP contribution in [0.4, 0.5) is 0 Å². The lowest BCUT2D eigenvalue weighted by atomic mass is 10.6. The van der Waals surface area contributed by atoms with E-state index in [0.29, 0.717) is 11.5 Å². The molecular weight excluding hydrogens is 276 g/mol. The van der Waals surface area contributed by atoms with E-state index in [-0.39, 0.29) is 19.8 Å². The van der Waals surface area contributed by atoms with Crippen LogP contribution in [0, 0.1) is 0 Å². The monoisotopic (exact) mass is 290 g/mol. The van der Waals surface area contributed by atoms with Gasteiger partial charge in [0.15, 0.2) is 0 Å². The van der Waals surface area contributed by atoms with E-state index >= 15 is 0 Å². The molecule has 8 nitrogen and oxygen atoms in total. The zero-order valence-electron chi connectivity index (χ0n) is 10.6. The van der Waals surface area contributed by atoms with Crippen molar-refractivity contribution in [2.24, 2.45) is 0 Å². The highest BCUT2D eigenvalue weighted by molar-refractivity contribution is 7.03. The van der Waals surface area contributed by atoms with Crippen molar-refractivity contribution in [1.29, 1.82) is 0 Å². The summed E-state index contributed by atoms with van der Waals surface area (Å²) in [6.07, 6.45) is 0. The molecule has 0 amide bonds. The topological polar surface area (TPSA) is 96.6 Å². The number of rotatable bonds is 6. The quantitative estimate of drug-likeness (QED) is 0.636. The summed E-state index contributed by atoms with van der Waals surface area (Å²) in [4.78, 5) is 45.2. The molecule has 0 aromatic carbocycles. The Morgan fingerprint density at radius 1 is 1.05 bits per heavy atom. The molecule has 0 unspecified atom stereocenters. The third kappa shape index (κ3) is 4.05. The van der Waals surface area contributed by atoms with Crippen molar-refractivity contribution in [3.63, 3.8) is 0 Å². The molecule has 0 aliphatic carbocycles. The van der Waals surface area contributed by atoms with Gasteiger partial charge in [-0.3, -0.25) is 14.4 Å². The summed E-state index contributed by atoms with van der Waals surface area (Å²) in [7, 11) is 0. The lowest BCUT2D eigenvalue weighted by Crippen LogP contribution is -2.33. The molecule has 106 valence electrons. The predicted octanol–water partition coefficient (Wildman–Crippen LogP) is -0.802. The first-order chi connectivity index (χ1) is 8.99. The second-order valence-electron chi connectivity index (χ2n) is 3.37. The summed E-state index contributed by atoms with van der Waals surface area (Å²) in [6, 6.07) is 0. The van der Waals surface area contributed by atoms with Crippen LogP contribution in [0.15, 0.2) is 9.59 Å². The number of carbonyl (C=O) groups excluding carboxylic acids is 2. The lowest BCUT2D eigenvalue weighted by molar-refractivity contribution is -0.144. The highest BCUT2D eigenvalue weighted by atomic mass is 32.1. The van der Waals surface area contributed by atoms with Crippen molar-refractivity contribution >= 4 is 23.5 Å². The van der Waals surface area contributed by atoms with Gasteiger partial charge in [-0.25, -0.2) is 13.3 Å². The molecule has 0 spiro atoms. The summed E-state index contributed by atoms with van der Waals surface area (Å²) >= 11 is 0.558. The molecule has 0 radical (unpaired) electrons. The van der Waals surface area contributed by atoms with Gasteiger partial charge in [0.05, 0.1) is 13.2 Å². The first kappa shape index (κ1) is 15.2. The molecule has 0 saturated carbocycles. The highest BCUT2D eigenvalue weighted by Crippen LogP contribution is 1.91. The molecule has 19 heavy (non-hydrogen) atoms. The summed E-state index contributed by atoms with van der Waals surface area (Å²) in [5, 5.41) is 0. The molecule has 1 aromatic heterocycles. The average molecular weight is 290 g/mol. The molecule has 0 aliphatic heterocycles. The van der Waals surface area contributed by atoms with Crippen LogP contribution in [0.2, 0.25) is 0 Å². The molecule has 0 saturated heterocycles. The van der Waals surface area contributed by atoms with Crippen LogP contribution in [0.25, 0.3) is 0 Å². The Hall–Kier alpha value is -1.90. The highest BCUT2D eigenvalue weighted by Gasteiger charge is 2.16. The molecule has 1 heterocycles. The number of hydrogen-bond donors (Lipinski definition) is 0. The molecule has 0 N–H and O–H groups in total. The second kappa shape index (κ2) is 6.88. The smallest absolute Gasteiger partial charge is 0.342 e. The van der Waals surface area contributed by atoms with Crippen molar-refractivity contribution in [2.75, 3.05) is 13.2 Å². The van der Waals surface area contributed by atoms with Gasteiger partial charge in [-0.05, 0) is 13.8 Å². The molecule has 9 heteroatoms. The van der Waals surface area contributed by atoms with Crippen molar-refractivity contribution in [3.8, 4) is 0 Å². The van der Waals surface area contributed by atoms with Crippen LogP contribution < -0.4 is 10.6 Å². The van der Waals surface area contributed by atoms with Gasteiger partial charge < -0.3 is 9.47 Å². The van der Waals surface area contributed by atoms with Gasteiger partial charge in [0, 0.05) is 11.5 Å². The maximum Gasteiger partial charge on any atom is 0.342 e. The standard InChI is InChI=1S/C10H14N2O6S/c1-3-17-7(13)5-11-9(15)12(19-10(11)16)6-8(14)18-4-2/h3-6H2,1-2H3. The minimum Gasteiger partial charge on any atom is -0.465 e. The number of hydrogen-bond acceptors (Lipinski definition) is 7. The predicted molar refractivity (Wildman–Crippen MR) is 66.1 cm³/mol. The average Bonchev–Trinajstić information content (AvgIpc) is 2.57. The summed E-state index contributed by atoms with van der Waals surface area (Å²) in [5.74, 6) is -1.29. The van der Waals surface area contributed by atoms with Gasteiger partial charge >= 0.3 is 22.5 Å². The van der Waals surface area contributed by atoms with E-state index in [1.165, 1.54) is 0 Å². The van der Waals surface area contributed by atoms with Gasteiger partial charge in [0.2, 0.25) is 0 Å². The minimum atomic E-state index is -0.726. The fourth-order valence-corrected chi connectivity index (χ4v) is 2.06. The van der Waals surface area contributed by atoms with Crippen LogP contribution in [0.1, 0.15) is 13.8 Å². The summed E-state index contributed by atoms with van der Waals surface area (Å²) in [6.45, 7) is 2.80. The number of carbonyl (C=O) groups is 2. The Labute approximate surface area is 112 Å². The SMILES string of the molecule is CCOC(=O)Cn1sc(=O)n(CC(=O)OCC)c1=O. The van der Waals surface area contributed by atoms with Gasteiger partial charge in [-0.1, -0.05) is 0 Å². The second-order valence-corrected chi connectivity index (χ2v) is 4.35. The molecule has 0 atom stereocenters. The molecule has 0 fully saturated rings. The van der Waals surface area contributed by atoms with Gasteiger partial charge in [0.1, 0.15) is 13.1 Å². The number of aromatic nitrogens is 2. The van der Waals surface area contributed by atoms with Gasteiger partial charge in [0.25, 0.3) is 0 Å². The normalized spacial score (nSPS) is 10.2. The Kier molecular flexibility index (Phi) is 5.49. The van der Waals surface area contributed by atoms with Gasteiger partial charge in [-0.2, -0.15) is 0 Å². The van der Waals surface area contributed by atoms with Crippen molar-refractivity contribution in [3.05, 3.63) is 20.2 Å². The van der Waals surface area contributed by atoms with Gasteiger partial charge in [-0.15, -0.1) is 0 Å². The fourth-order valence-electron chi connectivity index (χ4n) is 1.29. The third-order valence-corrected chi connectivity index (χ3v) is 2.91. The van der Waals surface area contributed by atoms with Crippen molar-refractivity contribution in [1.82, 2.24) is 8.52 Å². The molecule has 1 rings (SSSR count). The Bertz CT molecular complexity index is 569. The van der Waals surface area contributed by atoms with E-state index in [2.05, 4.69) is 9.47 Å². The third-order valence-electron chi connectivity index (χ3n) is 2.02. The van der Waals surface area contributed by atoms with Crippen LogP contribution in [0.3, 0.4) is 0 Å². The van der Waals surface area contributed by atoms with Crippen LogP contribution in [-0.4, -0.2) is 33.7 Å². The fraction of sp³-hybridized carbons (Fsp3) is 0.600. The van der Waals surface area contributed by atoms with Crippen molar-refractivity contribution < 1.29 is 19.1 Å². The van der Waals surface area contributed by atoms with E-state index in [1.807, 2.05) is 0 Å². The summed E-state index contributed by atoms with van der Waals surface area (Å²) < 4.78 is 11.0. The Balaban J connectivity index is 2.89. The first-order valence-corrected chi connectivity index (χ1v) is 6.39. The minimum absolute atomic E-state index is 0.161. The van der Waals surface area contributed by atoms with E-state index in [0.717, 1.165) is 8.52 Å². The van der Waals surface area contributed by atoms with E-state index in [9.17, 15) is 19.2 Å². The van der Waals surface area contributed by atoms with Crippen LogP contribution in [0.5, 0.6) is 0 Å². The van der Waals surface area contributed by atoms with E-state index in [4.69, 9.17) is 0 Å². The largest absolute Gasteiger partial charge is 0.465 e. The van der Waals surface area contributed by atoms with Crippen LogP contribution in [-0.2, 0) is 32.2 Å². The zero-order valence-corrected chi connectivity index (χ0v) is 11.4. The van der Waals surface area contributed by atoms with E-state index in [1.54, 1.807) is 13.8 Å². The van der Waals surface area contributed by atoms with Crippen molar-refractivity contribution in [2.45, 2.75) is 26.9 Å². The molecule has 0 bridgehead atoms.